The molecular weight excluding hydrogens is 1420 g/mol. The first kappa shape index (κ1) is 85.6. The Bertz CT molecular complexity index is 3900. The molecule has 26 nitrogen and oxygen atoms in total. The minimum Gasteiger partial charge on any atom is -0.481 e. The molecule has 2 aliphatic heterocycles. The summed E-state index contributed by atoms with van der Waals surface area (Å²) in [7, 11) is 0. The molecule has 7 rings (SSSR count). The van der Waals surface area contributed by atoms with Crippen LogP contribution in [0.2, 0.25) is 0 Å². The molecule has 10 atom stereocenters. The lowest BCUT2D eigenvalue weighted by molar-refractivity contribution is -0.138. The predicted octanol–water partition coefficient (Wildman–Crippen LogP) is 4.55. The van der Waals surface area contributed by atoms with Crippen molar-refractivity contribution >= 4 is 128 Å². The van der Waals surface area contributed by atoms with Crippen LogP contribution >= 0.6 is 35.3 Å². The second-order valence-corrected chi connectivity index (χ2v) is 30.0. The number of primary amides is 2. The first-order chi connectivity index (χ1) is 50.6. The number of rotatable bonds is 35. The Kier molecular flexibility index (Phi) is 35.5. The van der Waals surface area contributed by atoms with Crippen molar-refractivity contribution in [3.8, 4) is 11.1 Å². The van der Waals surface area contributed by atoms with Crippen molar-refractivity contribution in [2.45, 2.75) is 151 Å². The Labute approximate surface area is 630 Å². The van der Waals surface area contributed by atoms with E-state index in [0.29, 0.717) is 22.8 Å². The minimum atomic E-state index is -1.51. The number of carboxylic acid groups (broad SMARTS) is 1. The number of aliphatic hydroxyl groups excluding tert-OH is 1. The van der Waals surface area contributed by atoms with Crippen molar-refractivity contribution in [1.82, 2.24) is 26.6 Å². The van der Waals surface area contributed by atoms with E-state index < -0.39 is 206 Å². The van der Waals surface area contributed by atoms with Gasteiger partial charge in [-0.3, -0.25) is 67.3 Å². The summed E-state index contributed by atoms with van der Waals surface area (Å²) in [6.45, 7) is 2.70. The molecule has 1 unspecified atom stereocenters. The van der Waals surface area contributed by atoms with Gasteiger partial charge in [0.25, 0.3) is 0 Å². The molecule has 0 saturated heterocycles. The number of carboxylic acids is 1. The minimum absolute atomic E-state index is 0.00446. The largest absolute Gasteiger partial charge is 0.481 e. The number of nitrogens with zero attached hydrogens (tertiary/aromatic N) is 1. The molecule has 2 aliphatic rings. The lowest BCUT2D eigenvalue weighted by atomic mass is 9.88. The van der Waals surface area contributed by atoms with Crippen LogP contribution in [0, 0.1) is 29.6 Å². The van der Waals surface area contributed by atoms with Gasteiger partial charge in [-0.25, -0.2) is 0 Å². The molecule has 0 radical (unpaired) electrons. The number of benzene rings is 5. The second kappa shape index (κ2) is 44.0. The van der Waals surface area contributed by atoms with Crippen molar-refractivity contribution in [1.29, 1.82) is 0 Å². The van der Waals surface area contributed by atoms with Crippen molar-refractivity contribution in [2.75, 3.05) is 36.7 Å². The van der Waals surface area contributed by atoms with E-state index in [-0.39, 0.29) is 56.1 Å². The van der Waals surface area contributed by atoms with E-state index in [1.54, 1.807) is 32.2 Å². The normalized spacial score (nSPS) is 18.5. The number of aliphatic imine (C=N–C) groups is 1. The number of Topliss-reactive ketones (excluding diaryl/α,β-unsaturated/α-hetero) is 5. The van der Waals surface area contributed by atoms with Crippen LogP contribution in [-0.4, -0.2) is 165 Å². The van der Waals surface area contributed by atoms with Gasteiger partial charge in [0.1, 0.15) is 6.04 Å². The lowest BCUT2D eigenvalue weighted by Crippen LogP contribution is -2.51. The van der Waals surface area contributed by atoms with Gasteiger partial charge in [0.05, 0.1) is 55.1 Å². The molecule has 0 fully saturated rings. The first-order valence-corrected chi connectivity index (χ1v) is 39.0. The maximum Gasteiger partial charge on any atom is 0.303 e. The van der Waals surface area contributed by atoms with E-state index in [9.17, 15) is 58.2 Å². The third kappa shape index (κ3) is 28.9. The Morgan fingerprint density at radius 2 is 1.25 bits per heavy atom. The number of thioether (sulfide) groups is 3. The van der Waals surface area contributed by atoms with Gasteiger partial charge in [0, 0.05) is 92.8 Å². The van der Waals surface area contributed by atoms with E-state index >= 15 is 14.4 Å². The van der Waals surface area contributed by atoms with Crippen molar-refractivity contribution in [2.24, 2.45) is 63.3 Å². The number of fused-ring (bicyclic) bond motifs is 21. The summed E-state index contributed by atoms with van der Waals surface area (Å²) in [5.74, 6) is -14.4. The zero-order valence-electron chi connectivity index (χ0n) is 60.0. The van der Waals surface area contributed by atoms with Crippen LogP contribution in [0.5, 0.6) is 0 Å². The number of amides is 7. The summed E-state index contributed by atoms with van der Waals surface area (Å²) in [6.07, 6.45) is -2.58. The molecule has 17 N–H and O–H groups in total. The molecule has 0 aliphatic carbocycles. The Hall–Kier alpha value is -9.29. The highest BCUT2D eigenvalue weighted by Gasteiger charge is 2.37. The fourth-order valence-electron chi connectivity index (χ4n) is 12.2. The van der Waals surface area contributed by atoms with Crippen LogP contribution in [0.3, 0.4) is 0 Å². The molecule has 0 saturated carbocycles. The molecule has 7 amide bonds. The number of ketones is 5. The summed E-state index contributed by atoms with van der Waals surface area (Å²) >= 11 is 4.00. The number of hydrogen-bond donors (Lipinski definition) is 12. The van der Waals surface area contributed by atoms with Gasteiger partial charge in [0.2, 0.25) is 41.4 Å². The number of carbonyl (C=O) groups is 13. The van der Waals surface area contributed by atoms with Gasteiger partial charge in [-0.2, -0.15) is 35.3 Å². The molecule has 2 heterocycles. The van der Waals surface area contributed by atoms with Crippen LogP contribution in [0.1, 0.15) is 113 Å². The Morgan fingerprint density at radius 3 is 1.86 bits per heavy atom. The summed E-state index contributed by atoms with van der Waals surface area (Å²) in [5, 5.41) is 35.2. The highest BCUT2D eigenvalue weighted by Crippen LogP contribution is 2.28. The smallest absolute Gasteiger partial charge is 0.303 e. The highest BCUT2D eigenvalue weighted by atomic mass is 32.2. The molecule has 570 valence electrons. The van der Waals surface area contributed by atoms with Gasteiger partial charge < -0.3 is 65.5 Å². The standard InChI is InChI=1S/C77H99N11O15S3/c1-45(2)71(67(94)35-54(29-31-104-3)73(100)87-61(39-68(79)95)63(90)26-27-69(96)84-62(72(80)99)34-49-21-24-51-12-7-8-13-53(51)33-49)88-76(103)57-38-66(93)59(14-9-30-83-77(81)82)85-74(101)55(32-46-19-22-52(23-20-46)50-10-5-4-6-11-50)36-65(92)60(25-28-70(97)98)86-75(102)56(37-64(91)58(78)40-89)43-105-41-47-15-17-48(18-16-47)42-106-44-57/h4-8,10-13,15-24,33,45,54-62,71,89H,9,14,25-32,34-44,78H2,1-3H3,(H2,79,95)(H2,80,99)(H,84,96)(H,85,101)(H,86,102)(H,87,100)(H,88,103)(H,97,98)(H4,81,82,83)/t54?,55-,56+,57+,58+,59+,60+,61+,62+,71+/m1/s1. The SMILES string of the molecule is CSCCC(CC(=O)[C@@H](NC(=O)[C@@H]1CSCc2ccc(cc2)CSC[C@H](CC(=O)[C@@H](N)CO)C(=O)N[C@@H](CCC(=O)O)C(=O)C[C@@H](Cc2ccc(-c3ccccc3)cc2)C(=O)N[C@@H](CCCN=C(N)N)C(=O)C1)C(C)C)C(=O)N[C@@H](CC(N)=O)C(=O)CCC(=O)N[C@@H](Cc1ccc2ccccc2c1)C(N)=O. The first-order valence-electron chi connectivity index (χ1n) is 35.3. The maximum atomic E-state index is 15.2. The molecule has 2 bridgehead atoms. The fourth-order valence-corrected chi connectivity index (χ4v) is 14.9. The van der Waals surface area contributed by atoms with Crippen molar-refractivity contribution in [3.63, 3.8) is 0 Å². The van der Waals surface area contributed by atoms with Crippen molar-refractivity contribution < 1.29 is 72.5 Å². The van der Waals surface area contributed by atoms with Crippen LogP contribution in [0.4, 0.5) is 0 Å². The molecule has 0 aromatic heterocycles. The summed E-state index contributed by atoms with van der Waals surface area (Å²) in [4.78, 5) is 185. The Balaban J connectivity index is 1.28. The third-order valence-electron chi connectivity index (χ3n) is 18.3. The summed E-state index contributed by atoms with van der Waals surface area (Å²) in [5.41, 5.74) is 33.3. The molecule has 106 heavy (non-hydrogen) atoms. The molecule has 5 aromatic rings. The zero-order valence-corrected chi connectivity index (χ0v) is 62.5. The summed E-state index contributed by atoms with van der Waals surface area (Å²) in [6, 6.07) is 29.3. The van der Waals surface area contributed by atoms with Crippen LogP contribution in [0.15, 0.2) is 126 Å². The number of carbonyl (C=O) groups excluding carboxylic acids is 12. The average Bonchev–Trinajstić information content (AvgIpc) is 0.877. The highest BCUT2D eigenvalue weighted by molar-refractivity contribution is 7.99. The van der Waals surface area contributed by atoms with E-state index in [2.05, 4.69) is 31.6 Å². The number of nitrogens with one attached hydrogen (secondary N) is 5. The third-order valence-corrected chi connectivity index (χ3v) is 21.2. The number of nitrogens with two attached hydrogens (primary N) is 5. The average molecular weight is 1510 g/mol. The fraction of sp³-hybridized carbons (Fsp3) is 0.455. The van der Waals surface area contributed by atoms with E-state index in [4.69, 9.17) is 28.7 Å². The quantitative estimate of drug-likeness (QED) is 0.0150. The van der Waals surface area contributed by atoms with Crippen molar-refractivity contribution in [3.05, 3.63) is 144 Å². The molecular formula is C77H99N11O15S3. The number of aliphatic carboxylic acids is 1. The van der Waals surface area contributed by atoms with E-state index in [1.165, 1.54) is 35.3 Å². The zero-order chi connectivity index (χ0) is 77.4. The van der Waals surface area contributed by atoms with Gasteiger partial charge >= 0.3 is 5.97 Å². The predicted molar refractivity (Wildman–Crippen MR) is 411 cm³/mol. The molecule has 29 heteroatoms. The van der Waals surface area contributed by atoms with Crippen LogP contribution in [-0.2, 0) is 86.7 Å². The number of guanidine groups is 1. The van der Waals surface area contributed by atoms with Crippen LogP contribution in [0.25, 0.3) is 21.9 Å². The second-order valence-electron chi connectivity index (χ2n) is 27.0. The monoisotopic (exact) mass is 1510 g/mol. The number of aliphatic hydroxyl groups is 1. The number of hydrogen-bond acceptors (Lipinski definition) is 19. The maximum absolute atomic E-state index is 15.2. The van der Waals surface area contributed by atoms with Gasteiger partial charge in [-0.1, -0.05) is 135 Å². The molecule has 0 spiro atoms. The summed E-state index contributed by atoms with van der Waals surface area (Å²) < 4.78 is 0. The lowest BCUT2D eigenvalue weighted by Gasteiger charge is -2.28. The van der Waals surface area contributed by atoms with Gasteiger partial charge in [-0.15, -0.1) is 0 Å². The Morgan fingerprint density at radius 1 is 0.642 bits per heavy atom. The van der Waals surface area contributed by atoms with Crippen LogP contribution < -0.4 is 55.3 Å². The van der Waals surface area contributed by atoms with Gasteiger partial charge in [0.15, 0.2) is 34.9 Å². The van der Waals surface area contributed by atoms with Gasteiger partial charge in [-0.05, 0) is 94.2 Å². The topological polar surface area (TPSA) is 465 Å². The molecule has 5 aromatic carbocycles. The van der Waals surface area contributed by atoms with E-state index in [0.717, 1.165) is 38.6 Å². The van der Waals surface area contributed by atoms with E-state index in [1.807, 2.05) is 109 Å².